The predicted octanol–water partition coefficient (Wildman–Crippen LogP) is 18.3. The van der Waals surface area contributed by atoms with E-state index < -0.39 is 6.10 Å². The van der Waals surface area contributed by atoms with Crippen molar-refractivity contribution in [1.29, 1.82) is 0 Å². The molecule has 0 aliphatic rings. The number of ether oxygens (including phenoxy) is 3. The predicted molar refractivity (Wildman–Crippen MR) is 275 cm³/mol. The van der Waals surface area contributed by atoms with E-state index in [1.54, 1.807) is 0 Å². The lowest BCUT2D eigenvalue weighted by Gasteiger charge is -2.18. The Morgan fingerprint density at radius 1 is 0.312 bits per heavy atom. The number of esters is 3. The summed E-state index contributed by atoms with van der Waals surface area (Å²) >= 11 is 0. The van der Waals surface area contributed by atoms with Crippen LogP contribution in [0.15, 0.2) is 48.6 Å². The number of hydrogen-bond donors (Lipinski definition) is 0. The summed E-state index contributed by atoms with van der Waals surface area (Å²) in [6, 6.07) is 0. The van der Waals surface area contributed by atoms with E-state index in [-0.39, 0.29) is 31.1 Å². The van der Waals surface area contributed by atoms with Crippen LogP contribution < -0.4 is 0 Å². The highest BCUT2D eigenvalue weighted by Crippen LogP contribution is 2.15. The van der Waals surface area contributed by atoms with E-state index in [0.717, 1.165) is 83.5 Å². The van der Waals surface area contributed by atoms with Crippen molar-refractivity contribution in [2.45, 2.75) is 290 Å². The van der Waals surface area contributed by atoms with E-state index >= 15 is 0 Å². The second-order valence-corrected chi connectivity index (χ2v) is 18.5. The van der Waals surface area contributed by atoms with Crippen LogP contribution in [0.1, 0.15) is 284 Å². The lowest BCUT2D eigenvalue weighted by atomic mass is 10.0. The van der Waals surface area contributed by atoms with Gasteiger partial charge >= 0.3 is 17.9 Å². The molecule has 0 unspecified atom stereocenters. The number of carbonyl (C=O) groups is 3. The average molecular weight is 897 g/mol. The van der Waals surface area contributed by atoms with Crippen molar-refractivity contribution in [2.24, 2.45) is 0 Å². The van der Waals surface area contributed by atoms with E-state index in [0.29, 0.717) is 19.3 Å². The smallest absolute Gasteiger partial charge is 0.306 e. The molecule has 0 saturated carbocycles. The number of carbonyl (C=O) groups excluding carboxylic acids is 3. The third-order valence-corrected chi connectivity index (χ3v) is 12.1. The van der Waals surface area contributed by atoms with Gasteiger partial charge in [0.1, 0.15) is 13.2 Å². The summed E-state index contributed by atoms with van der Waals surface area (Å²) in [5.74, 6) is -0.896. The van der Waals surface area contributed by atoms with Crippen molar-refractivity contribution < 1.29 is 28.6 Å². The van der Waals surface area contributed by atoms with Gasteiger partial charge in [0.15, 0.2) is 6.10 Å². The van der Waals surface area contributed by atoms with Gasteiger partial charge in [-0.2, -0.15) is 0 Å². The van der Waals surface area contributed by atoms with Crippen LogP contribution in [0.2, 0.25) is 0 Å². The minimum Gasteiger partial charge on any atom is -0.462 e. The molecule has 0 aliphatic carbocycles. The third kappa shape index (κ3) is 50.4. The zero-order valence-electron chi connectivity index (χ0n) is 42.6. The standard InChI is InChI=1S/C58H104O6/c1-4-7-10-13-16-19-22-25-27-29-31-33-36-39-42-45-48-51-57(60)63-54-55(53-62-56(59)50-47-44-41-38-35-24-21-18-15-12-9-6-3)64-58(61)52-49-46-43-40-37-34-32-30-28-26-23-20-17-14-11-8-5-2/h16,19,25-28,31,33,55H,4-15,17-18,20-24,29-30,32,34-54H2,1-3H3/b19-16-,27-25-,28-26-,33-31-/t55-/m1/s1. The second-order valence-electron chi connectivity index (χ2n) is 18.5. The Bertz CT molecular complexity index is 1120. The molecule has 0 aliphatic heterocycles. The van der Waals surface area contributed by atoms with Gasteiger partial charge in [0.05, 0.1) is 0 Å². The monoisotopic (exact) mass is 897 g/mol. The molecule has 0 radical (unpaired) electrons. The van der Waals surface area contributed by atoms with Crippen LogP contribution in [0.5, 0.6) is 0 Å². The molecular formula is C58H104O6. The minimum atomic E-state index is -0.782. The molecule has 0 fully saturated rings. The SMILES string of the molecule is CCCCC/C=C\C/C=C\C/C=C\CCCCCCC(=O)OC[C@@H](COC(=O)CCCCCCCCCCCCCC)OC(=O)CCCCCCCCC/C=C\CCCCCCCC. The maximum absolute atomic E-state index is 12.8. The van der Waals surface area contributed by atoms with E-state index in [9.17, 15) is 14.4 Å². The molecule has 0 amide bonds. The zero-order valence-corrected chi connectivity index (χ0v) is 42.6. The first-order valence-corrected chi connectivity index (χ1v) is 27.6. The summed E-state index contributed by atoms with van der Waals surface area (Å²) < 4.78 is 16.8. The number of allylic oxidation sites excluding steroid dienone is 8. The lowest BCUT2D eigenvalue weighted by Crippen LogP contribution is -2.30. The molecule has 372 valence electrons. The maximum atomic E-state index is 12.8. The van der Waals surface area contributed by atoms with Crippen molar-refractivity contribution in [2.75, 3.05) is 13.2 Å². The van der Waals surface area contributed by atoms with Crippen LogP contribution in [-0.4, -0.2) is 37.2 Å². The summed E-state index contributed by atoms with van der Waals surface area (Å²) in [4.78, 5) is 38.0. The van der Waals surface area contributed by atoms with Gasteiger partial charge in [0, 0.05) is 19.3 Å². The molecule has 0 aromatic heterocycles. The fourth-order valence-electron chi connectivity index (χ4n) is 7.86. The normalized spacial score (nSPS) is 12.4. The molecule has 6 nitrogen and oxygen atoms in total. The van der Waals surface area contributed by atoms with E-state index in [2.05, 4.69) is 69.4 Å². The first-order chi connectivity index (χ1) is 31.5. The zero-order chi connectivity index (χ0) is 46.5. The van der Waals surface area contributed by atoms with Gasteiger partial charge in [0.2, 0.25) is 0 Å². The highest BCUT2D eigenvalue weighted by molar-refractivity contribution is 5.71. The van der Waals surface area contributed by atoms with E-state index in [1.165, 1.54) is 161 Å². The first kappa shape index (κ1) is 61.4. The van der Waals surface area contributed by atoms with Gasteiger partial charge < -0.3 is 14.2 Å². The Morgan fingerprint density at radius 2 is 0.562 bits per heavy atom. The molecule has 0 saturated heterocycles. The van der Waals surface area contributed by atoms with Crippen LogP contribution in [0, 0.1) is 0 Å². The summed E-state index contributed by atoms with van der Waals surface area (Å²) in [6.07, 6.45) is 63.8. The Kier molecular flexibility index (Phi) is 50.8. The molecular weight excluding hydrogens is 793 g/mol. The van der Waals surface area contributed by atoms with Gasteiger partial charge in [-0.1, -0.05) is 230 Å². The Morgan fingerprint density at radius 3 is 0.922 bits per heavy atom. The molecule has 0 N–H and O–H groups in total. The van der Waals surface area contributed by atoms with E-state index in [4.69, 9.17) is 14.2 Å². The number of rotatable bonds is 50. The Labute approximate surface area is 397 Å². The molecule has 0 rings (SSSR count). The topological polar surface area (TPSA) is 78.9 Å². The lowest BCUT2D eigenvalue weighted by molar-refractivity contribution is -0.167. The van der Waals surface area contributed by atoms with Gasteiger partial charge in [0.25, 0.3) is 0 Å². The van der Waals surface area contributed by atoms with Crippen molar-refractivity contribution in [3.8, 4) is 0 Å². The van der Waals surface area contributed by atoms with Gasteiger partial charge in [-0.3, -0.25) is 14.4 Å². The fraction of sp³-hybridized carbons (Fsp3) is 0.810. The summed E-state index contributed by atoms with van der Waals surface area (Å²) in [7, 11) is 0. The Hall–Kier alpha value is -2.63. The highest BCUT2D eigenvalue weighted by Gasteiger charge is 2.19. The number of unbranched alkanes of at least 4 members (excludes halogenated alkanes) is 31. The summed E-state index contributed by atoms with van der Waals surface area (Å²) in [6.45, 7) is 6.60. The van der Waals surface area contributed by atoms with E-state index in [1.807, 2.05) is 0 Å². The molecule has 0 heterocycles. The third-order valence-electron chi connectivity index (χ3n) is 12.1. The average Bonchev–Trinajstić information content (AvgIpc) is 3.29. The summed E-state index contributed by atoms with van der Waals surface area (Å²) in [5, 5.41) is 0. The molecule has 1 atom stereocenters. The van der Waals surface area contributed by atoms with Crippen molar-refractivity contribution in [3.05, 3.63) is 48.6 Å². The number of hydrogen-bond acceptors (Lipinski definition) is 6. The van der Waals surface area contributed by atoms with Crippen LogP contribution in [0.4, 0.5) is 0 Å². The molecule has 0 aromatic carbocycles. The van der Waals surface area contributed by atoms with Crippen LogP contribution in [0.3, 0.4) is 0 Å². The highest BCUT2D eigenvalue weighted by atomic mass is 16.6. The molecule has 0 spiro atoms. The van der Waals surface area contributed by atoms with Crippen molar-refractivity contribution in [3.63, 3.8) is 0 Å². The van der Waals surface area contributed by atoms with Crippen molar-refractivity contribution in [1.82, 2.24) is 0 Å². The molecule has 64 heavy (non-hydrogen) atoms. The minimum absolute atomic E-state index is 0.0795. The molecule has 6 heteroatoms. The van der Waals surface area contributed by atoms with Gasteiger partial charge in [-0.25, -0.2) is 0 Å². The quantitative estimate of drug-likeness (QED) is 0.0262. The first-order valence-electron chi connectivity index (χ1n) is 27.6. The molecule has 0 aromatic rings. The van der Waals surface area contributed by atoms with Crippen LogP contribution >= 0.6 is 0 Å². The second kappa shape index (κ2) is 53.0. The van der Waals surface area contributed by atoms with Crippen LogP contribution in [-0.2, 0) is 28.6 Å². The van der Waals surface area contributed by atoms with Gasteiger partial charge in [-0.05, 0) is 83.5 Å². The summed E-state index contributed by atoms with van der Waals surface area (Å²) in [5.41, 5.74) is 0. The molecule has 0 bridgehead atoms. The van der Waals surface area contributed by atoms with Gasteiger partial charge in [-0.15, -0.1) is 0 Å². The largest absolute Gasteiger partial charge is 0.462 e. The maximum Gasteiger partial charge on any atom is 0.306 e. The van der Waals surface area contributed by atoms with Crippen LogP contribution in [0.25, 0.3) is 0 Å². The van der Waals surface area contributed by atoms with Crippen molar-refractivity contribution >= 4 is 17.9 Å². The fourth-order valence-corrected chi connectivity index (χ4v) is 7.86. The Balaban J connectivity index is 4.39.